The highest BCUT2D eigenvalue weighted by Crippen LogP contribution is 2.09. The van der Waals surface area contributed by atoms with E-state index in [-0.39, 0.29) is 11.9 Å². The monoisotopic (exact) mass is 248 g/mol. The van der Waals surface area contributed by atoms with Crippen molar-refractivity contribution in [2.75, 3.05) is 6.54 Å². The minimum Gasteiger partial charge on any atom is -0.339 e. The lowest BCUT2D eigenvalue weighted by Gasteiger charge is -2.24. The summed E-state index contributed by atoms with van der Waals surface area (Å²) < 4.78 is 0. The largest absolute Gasteiger partial charge is 0.339 e. The fourth-order valence-electron chi connectivity index (χ4n) is 1.75. The van der Waals surface area contributed by atoms with E-state index in [4.69, 9.17) is 5.73 Å². The van der Waals surface area contributed by atoms with Gasteiger partial charge in [0.25, 0.3) is 0 Å². The topological polar surface area (TPSA) is 46.3 Å². The van der Waals surface area contributed by atoms with Crippen LogP contribution in [0.25, 0.3) is 0 Å². The van der Waals surface area contributed by atoms with Crippen molar-refractivity contribution >= 4 is 5.91 Å². The highest BCUT2D eigenvalue weighted by Gasteiger charge is 2.17. The van der Waals surface area contributed by atoms with Crippen LogP contribution < -0.4 is 5.73 Å². The van der Waals surface area contributed by atoms with Crippen LogP contribution in [0.4, 0.5) is 0 Å². The average molecular weight is 248 g/mol. The summed E-state index contributed by atoms with van der Waals surface area (Å²) in [6, 6.07) is 10.00. The number of amides is 1. The van der Waals surface area contributed by atoms with Crippen LogP contribution in [0.1, 0.15) is 32.8 Å². The first-order chi connectivity index (χ1) is 8.54. The maximum atomic E-state index is 12.1. The lowest BCUT2D eigenvalue weighted by molar-refractivity contribution is -0.132. The molecule has 1 unspecified atom stereocenters. The highest BCUT2D eigenvalue weighted by atomic mass is 16.2. The molecule has 1 atom stereocenters. The smallest absolute Gasteiger partial charge is 0.224 e. The van der Waals surface area contributed by atoms with E-state index in [9.17, 15) is 4.79 Å². The van der Waals surface area contributed by atoms with Crippen molar-refractivity contribution < 1.29 is 4.79 Å². The van der Waals surface area contributed by atoms with Gasteiger partial charge in [0.15, 0.2) is 0 Å². The molecule has 18 heavy (non-hydrogen) atoms. The molecule has 1 aromatic rings. The predicted molar refractivity (Wildman–Crippen MR) is 75.0 cm³/mol. The average Bonchev–Trinajstić information content (AvgIpc) is 2.36. The molecule has 1 rings (SSSR count). The summed E-state index contributed by atoms with van der Waals surface area (Å²) in [5.74, 6) is 0.479. The first-order valence-electron chi connectivity index (χ1n) is 6.61. The second kappa shape index (κ2) is 7.17. The Kier molecular flexibility index (Phi) is 5.86. The van der Waals surface area contributed by atoms with E-state index in [1.807, 2.05) is 56.0 Å². The minimum atomic E-state index is -0.0534. The summed E-state index contributed by atoms with van der Waals surface area (Å²) in [4.78, 5) is 14.0. The lowest BCUT2D eigenvalue weighted by atomic mass is 10.0. The van der Waals surface area contributed by atoms with Crippen LogP contribution in [-0.4, -0.2) is 23.4 Å². The first-order valence-corrected chi connectivity index (χ1v) is 6.61. The molecular formula is C15H24N2O. The zero-order chi connectivity index (χ0) is 13.5. The number of hydrogen-bond donors (Lipinski definition) is 1. The third kappa shape index (κ3) is 4.49. The number of nitrogens with zero attached hydrogens (tertiary/aromatic N) is 1. The molecule has 0 aromatic heterocycles. The molecule has 2 N–H and O–H groups in total. The SMILES string of the molecule is CCN(Cc1ccccc1)C(=O)CC(N)C(C)C. The standard InChI is InChI=1S/C15H24N2O/c1-4-17(11-13-8-6-5-7-9-13)15(18)10-14(16)12(2)3/h5-9,12,14H,4,10-11,16H2,1-3H3. The van der Waals surface area contributed by atoms with Gasteiger partial charge in [-0.2, -0.15) is 0 Å². The molecule has 0 saturated carbocycles. The molecule has 0 aliphatic carbocycles. The second-order valence-corrected chi connectivity index (χ2v) is 5.01. The zero-order valence-electron chi connectivity index (χ0n) is 11.6. The molecule has 1 amide bonds. The molecule has 0 spiro atoms. The maximum absolute atomic E-state index is 12.1. The van der Waals surface area contributed by atoms with Gasteiger partial charge in [0, 0.05) is 25.6 Å². The molecule has 3 nitrogen and oxygen atoms in total. The van der Waals surface area contributed by atoms with Crippen LogP contribution in [0, 0.1) is 5.92 Å². The van der Waals surface area contributed by atoms with Crippen LogP contribution >= 0.6 is 0 Å². The van der Waals surface area contributed by atoms with Crippen molar-refractivity contribution in [1.82, 2.24) is 4.90 Å². The van der Waals surface area contributed by atoms with Crippen molar-refractivity contribution in [2.45, 2.75) is 39.8 Å². The third-order valence-electron chi connectivity index (χ3n) is 3.22. The lowest BCUT2D eigenvalue weighted by Crippen LogP contribution is -2.37. The van der Waals surface area contributed by atoms with Gasteiger partial charge >= 0.3 is 0 Å². The molecule has 3 heteroatoms. The number of carbonyl (C=O) groups excluding carboxylic acids is 1. The quantitative estimate of drug-likeness (QED) is 0.840. The number of benzene rings is 1. The molecule has 0 aliphatic rings. The van der Waals surface area contributed by atoms with Gasteiger partial charge in [0.1, 0.15) is 0 Å². The Morgan fingerprint density at radius 1 is 1.28 bits per heavy atom. The highest BCUT2D eigenvalue weighted by molar-refractivity contribution is 5.76. The van der Waals surface area contributed by atoms with E-state index in [1.165, 1.54) is 0 Å². The molecule has 100 valence electrons. The summed E-state index contributed by atoms with van der Waals surface area (Å²) in [6.45, 7) is 7.48. The van der Waals surface area contributed by atoms with Crippen molar-refractivity contribution in [2.24, 2.45) is 11.7 Å². The molecule has 0 radical (unpaired) electrons. The van der Waals surface area contributed by atoms with Gasteiger partial charge in [0.2, 0.25) is 5.91 Å². The van der Waals surface area contributed by atoms with Crippen LogP contribution in [0.5, 0.6) is 0 Å². The Balaban J connectivity index is 2.58. The first kappa shape index (κ1) is 14.7. The molecule has 0 heterocycles. The molecule has 0 bridgehead atoms. The summed E-state index contributed by atoms with van der Waals surface area (Å²) in [6.07, 6.45) is 0.429. The van der Waals surface area contributed by atoms with Gasteiger partial charge < -0.3 is 10.6 Å². The van der Waals surface area contributed by atoms with Crippen molar-refractivity contribution in [3.8, 4) is 0 Å². The van der Waals surface area contributed by atoms with Gasteiger partial charge in [-0.15, -0.1) is 0 Å². The summed E-state index contributed by atoms with van der Waals surface area (Å²) >= 11 is 0. The Hall–Kier alpha value is -1.35. The maximum Gasteiger partial charge on any atom is 0.224 e. The molecule has 1 aromatic carbocycles. The van der Waals surface area contributed by atoms with Crippen molar-refractivity contribution in [3.05, 3.63) is 35.9 Å². The zero-order valence-corrected chi connectivity index (χ0v) is 11.6. The Labute approximate surface area is 110 Å². The van der Waals surface area contributed by atoms with E-state index in [0.717, 1.165) is 12.1 Å². The third-order valence-corrected chi connectivity index (χ3v) is 3.22. The van der Waals surface area contributed by atoms with E-state index < -0.39 is 0 Å². The van der Waals surface area contributed by atoms with Crippen LogP contribution in [-0.2, 0) is 11.3 Å². The van der Waals surface area contributed by atoms with Gasteiger partial charge in [-0.1, -0.05) is 44.2 Å². The number of nitrogens with two attached hydrogens (primary N) is 1. The number of carbonyl (C=O) groups is 1. The normalized spacial score (nSPS) is 12.5. The Morgan fingerprint density at radius 2 is 1.89 bits per heavy atom. The minimum absolute atomic E-state index is 0.0534. The van der Waals surface area contributed by atoms with Gasteiger partial charge in [0.05, 0.1) is 0 Å². The van der Waals surface area contributed by atoms with E-state index >= 15 is 0 Å². The summed E-state index contributed by atoms with van der Waals surface area (Å²) in [7, 11) is 0. The summed E-state index contributed by atoms with van der Waals surface area (Å²) in [5.41, 5.74) is 7.11. The van der Waals surface area contributed by atoms with E-state index in [1.54, 1.807) is 0 Å². The van der Waals surface area contributed by atoms with Crippen LogP contribution in [0.3, 0.4) is 0 Å². The molecule has 0 saturated heterocycles. The number of hydrogen-bond acceptors (Lipinski definition) is 2. The molecule has 0 aliphatic heterocycles. The summed E-state index contributed by atoms with van der Waals surface area (Å²) in [5, 5.41) is 0. The number of rotatable bonds is 6. The predicted octanol–water partition coefficient (Wildman–Crippen LogP) is 2.41. The Bertz CT molecular complexity index is 362. The van der Waals surface area contributed by atoms with Crippen LogP contribution in [0.2, 0.25) is 0 Å². The van der Waals surface area contributed by atoms with Gasteiger partial charge in [-0.25, -0.2) is 0 Å². The molecule has 0 fully saturated rings. The van der Waals surface area contributed by atoms with Crippen molar-refractivity contribution in [1.29, 1.82) is 0 Å². The molecular weight excluding hydrogens is 224 g/mol. The van der Waals surface area contributed by atoms with E-state index in [2.05, 4.69) is 0 Å². The second-order valence-electron chi connectivity index (χ2n) is 5.01. The van der Waals surface area contributed by atoms with Crippen molar-refractivity contribution in [3.63, 3.8) is 0 Å². The fraction of sp³-hybridized carbons (Fsp3) is 0.533. The van der Waals surface area contributed by atoms with Crippen LogP contribution in [0.15, 0.2) is 30.3 Å². The van der Waals surface area contributed by atoms with E-state index in [0.29, 0.717) is 18.9 Å². The Morgan fingerprint density at radius 3 is 2.39 bits per heavy atom. The van der Waals surface area contributed by atoms with Gasteiger partial charge in [-0.05, 0) is 18.4 Å². The van der Waals surface area contributed by atoms with Gasteiger partial charge in [-0.3, -0.25) is 4.79 Å². The fourth-order valence-corrected chi connectivity index (χ4v) is 1.75.